The smallest absolute Gasteiger partial charge is 0.158 e. The van der Waals surface area contributed by atoms with E-state index in [1.165, 1.54) is 19.3 Å². The van der Waals surface area contributed by atoms with Crippen LogP contribution in [0.2, 0.25) is 0 Å². The van der Waals surface area contributed by atoms with Gasteiger partial charge in [0.2, 0.25) is 0 Å². The van der Waals surface area contributed by atoms with Crippen LogP contribution in [-0.4, -0.2) is 152 Å². The molecular formula is C28H60N6O9. The van der Waals surface area contributed by atoms with E-state index in [1.807, 2.05) is 0 Å². The molecule has 256 valence electrons. The van der Waals surface area contributed by atoms with Crippen LogP contribution in [0, 0.1) is 0 Å². The van der Waals surface area contributed by atoms with Gasteiger partial charge in [0, 0.05) is 51.3 Å². The maximum atomic E-state index is 9.27. The van der Waals surface area contributed by atoms with Crippen molar-refractivity contribution in [3.63, 3.8) is 0 Å². The highest BCUT2D eigenvalue weighted by atomic mass is 16.7. The van der Waals surface area contributed by atoms with Crippen LogP contribution in [-0.2, 0) is 18.9 Å². The molecule has 1 aliphatic carbocycles. The molecule has 0 amide bonds. The summed E-state index contributed by atoms with van der Waals surface area (Å²) in [6.45, 7) is 3.50. The number of rotatable bonds is 12. The molecule has 0 radical (unpaired) electrons. The molecule has 0 aromatic heterocycles. The zero-order valence-corrected chi connectivity index (χ0v) is 25.6. The molecule has 15 N–H and O–H groups in total. The molecule has 43 heavy (non-hydrogen) atoms. The van der Waals surface area contributed by atoms with Crippen molar-refractivity contribution in [3.8, 4) is 0 Å². The van der Waals surface area contributed by atoms with Crippen molar-refractivity contribution >= 4 is 0 Å². The molecule has 15 heteroatoms. The summed E-state index contributed by atoms with van der Waals surface area (Å²) in [4.78, 5) is 0. The molecule has 4 fully saturated rings. The molecule has 0 spiro atoms. The van der Waals surface area contributed by atoms with E-state index >= 15 is 0 Å². The van der Waals surface area contributed by atoms with Gasteiger partial charge in [-0.3, -0.25) is 0 Å². The van der Waals surface area contributed by atoms with Crippen molar-refractivity contribution in [3.05, 3.63) is 0 Å². The molecule has 10 atom stereocenters. The van der Waals surface area contributed by atoms with E-state index in [9.17, 15) is 10.2 Å². The van der Waals surface area contributed by atoms with Crippen molar-refractivity contribution < 1.29 is 44.5 Å². The van der Waals surface area contributed by atoms with Crippen molar-refractivity contribution in [1.82, 2.24) is 10.6 Å². The van der Waals surface area contributed by atoms with Gasteiger partial charge in [-0.05, 0) is 44.9 Å². The largest absolute Gasteiger partial charge is 0.395 e. The minimum Gasteiger partial charge on any atom is -0.395 e. The number of nitrogens with one attached hydrogen (secondary N) is 2. The third-order valence-electron chi connectivity index (χ3n) is 8.13. The van der Waals surface area contributed by atoms with Gasteiger partial charge < -0.3 is 78.0 Å². The molecule has 4 aliphatic rings. The van der Waals surface area contributed by atoms with E-state index in [-0.39, 0.29) is 69.6 Å². The molecule has 0 aromatic carbocycles. The molecule has 1 saturated carbocycles. The van der Waals surface area contributed by atoms with E-state index in [1.54, 1.807) is 0 Å². The fourth-order valence-corrected chi connectivity index (χ4v) is 5.64. The first-order valence-electron chi connectivity index (χ1n) is 15.8. The van der Waals surface area contributed by atoms with Gasteiger partial charge in [-0.25, -0.2) is 0 Å². The van der Waals surface area contributed by atoms with E-state index in [0.717, 1.165) is 45.3 Å². The van der Waals surface area contributed by atoms with Crippen LogP contribution in [0.5, 0.6) is 0 Å². The molecule has 0 aromatic rings. The van der Waals surface area contributed by atoms with E-state index < -0.39 is 24.4 Å². The average Bonchev–Trinajstić information content (AvgIpc) is 3.47. The lowest BCUT2D eigenvalue weighted by molar-refractivity contribution is -0.169. The van der Waals surface area contributed by atoms with Crippen LogP contribution < -0.4 is 33.6 Å². The zero-order chi connectivity index (χ0) is 31.6. The Morgan fingerprint density at radius 1 is 0.860 bits per heavy atom. The lowest BCUT2D eigenvalue weighted by atomic mass is 9.88. The second kappa shape index (κ2) is 22.0. The molecule has 0 bridgehead atoms. The Labute approximate surface area is 255 Å². The lowest BCUT2D eigenvalue weighted by Crippen LogP contribution is -2.58. The first-order chi connectivity index (χ1) is 20.7. The van der Waals surface area contributed by atoms with E-state index in [4.69, 9.17) is 57.2 Å². The Balaban J connectivity index is 0.000000247. The van der Waals surface area contributed by atoms with Crippen LogP contribution >= 0.6 is 0 Å². The van der Waals surface area contributed by atoms with Crippen LogP contribution in [0.4, 0.5) is 0 Å². The van der Waals surface area contributed by atoms with Crippen LogP contribution in [0.1, 0.15) is 51.4 Å². The number of hydrogen-bond donors (Lipinski definition) is 11. The summed E-state index contributed by atoms with van der Waals surface area (Å²) in [5.41, 5.74) is 22.4. The monoisotopic (exact) mass is 624 g/mol. The Bertz CT molecular complexity index is 693. The molecular weight excluding hydrogens is 564 g/mol. The maximum Gasteiger partial charge on any atom is 0.158 e. The number of ether oxygens (including phenoxy) is 4. The van der Waals surface area contributed by atoms with E-state index in [0.29, 0.717) is 19.2 Å². The molecule has 4 rings (SSSR count). The van der Waals surface area contributed by atoms with Gasteiger partial charge in [-0.2, -0.15) is 0 Å². The minimum atomic E-state index is -0.955. The molecule has 15 nitrogen and oxygen atoms in total. The zero-order valence-electron chi connectivity index (χ0n) is 25.6. The summed E-state index contributed by atoms with van der Waals surface area (Å²) in [6, 6.07) is -0.598. The van der Waals surface area contributed by atoms with Gasteiger partial charge in [0.15, 0.2) is 6.29 Å². The number of aliphatic hydroxyl groups is 5. The fourth-order valence-electron chi connectivity index (χ4n) is 5.64. The summed E-state index contributed by atoms with van der Waals surface area (Å²) >= 11 is 0. The normalized spacial score (nSPS) is 36.4. The summed E-state index contributed by atoms with van der Waals surface area (Å²) in [6.07, 6.45) is 5.93. The van der Waals surface area contributed by atoms with Crippen molar-refractivity contribution in [2.45, 2.75) is 118 Å². The predicted molar refractivity (Wildman–Crippen MR) is 161 cm³/mol. The Morgan fingerprint density at radius 2 is 1.63 bits per heavy atom. The van der Waals surface area contributed by atoms with Gasteiger partial charge in [-0.1, -0.05) is 0 Å². The molecule has 3 saturated heterocycles. The van der Waals surface area contributed by atoms with Gasteiger partial charge in [0.25, 0.3) is 0 Å². The molecule has 7 unspecified atom stereocenters. The number of nitrogens with two attached hydrogens (primary N) is 4. The van der Waals surface area contributed by atoms with E-state index in [2.05, 4.69) is 10.6 Å². The highest BCUT2D eigenvalue weighted by molar-refractivity contribution is 4.89. The number of aliphatic hydroxyl groups excluding tert-OH is 5. The highest BCUT2D eigenvalue weighted by Gasteiger charge is 2.36. The summed E-state index contributed by atoms with van der Waals surface area (Å²) in [5, 5.41) is 51.7. The summed E-state index contributed by atoms with van der Waals surface area (Å²) in [7, 11) is 0. The summed E-state index contributed by atoms with van der Waals surface area (Å²) < 4.78 is 22.3. The number of hydrogen-bond acceptors (Lipinski definition) is 15. The van der Waals surface area contributed by atoms with Crippen molar-refractivity contribution in [2.24, 2.45) is 22.9 Å². The van der Waals surface area contributed by atoms with Gasteiger partial charge in [-0.15, -0.1) is 0 Å². The predicted octanol–water partition coefficient (Wildman–Crippen LogP) is -3.81. The van der Waals surface area contributed by atoms with Gasteiger partial charge >= 0.3 is 0 Å². The van der Waals surface area contributed by atoms with Crippen LogP contribution in [0.15, 0.2) is 0 Å². The van der Waals surface area contributed by atoms with Crippen LogP contribution in [0.3, 0.4) is 0 Å². The second-order valence-electron chi connectivity index (χ2n) is 11.8. The first kappa shape index (κ1) is 38.6. The lowest BCUT2D eigenvalue weighted by Gasteiger charge is -2.36. The average molecular weight is 625 g/mol. The third kappa shape index (κ3) is 14.6. The van der Waals surface area contributed by atoms with Crippen molar-refractivity contribution in [1.29, 1.82) is 0 Å². The Hall–Kier alpha value is -0.600. The van der Waals surface area contributed by atoms with Gasteiger partial charge in [0.1, 0.15) is 6.10 Å². The summed E-state index contributed by atoms with van der Waals surface area (Å²) in [5.74, 6) is 0. The minimum absolute atomic E-state index is 0.0470. The van der Waals surface area contributed by atoms with Gasteiger partial charge in [0.05, 0.1) is 69.0 Å². The maximum absolute atomic E-state index is 9.27. The highest BCUT2D eigenvalue weighted by Crippen LogP contribution is 2.27. The third-order valence-corrected chi connectivity index (χ3v) is 8.13. The first-order valence-corrected chi connectivity index (χ1v) is 15.8. The topological polar surface area (TPSA) is 266 Å². The van der Waals surface area contributed by atoms with Crippen molar-refractivity contribution in [2.75, 3.05) is 59.2 Å². The second-order valence-corrected chi connectivity index (χ2v) is 11.8. The van der Waals surface area contributed by atoms with Crippen LogP contribution in [0.25, 0.3) is 0 Å². The Morgan fingerprint density at radius 3 is 2.23 bits per heavy atom. The fraction of sp³-hybridized carbons (Fsp3) is 1.00. The Kier molecular flexibility index (Phi) is 19.8. The molecule has 3 aliphatic heterocycles. The SMILES string of the molecule is NCC1CCC(OC2CC(N)CC(NC(CO)CO)C2)O1.NC[C@@H]1OC[C@H](N)C(O)[C@@H]1O.OCCNCC1CCCCO1. The standard InChI is InChI=1S/C14H29N3O4.C8H17NO2.C6H14N2O3/c15-6-12-1-2-14(20-12)21-13-4-9(16)3-10(5-13)17-11(7-18)8-19;10-5-4-9-7-8-3-1-2-6-11-8;7-1-4-6(10)5(9)3(8)2-11-4/h9-14,17-19H,1-8,15-16H2;8-10H,1-7H2;3-6,9-10H,1-2,7-8H2/t;;3-,4-,5?,6+/m..0/s1. The molecule has 3 heterocycles. The quantitative estimate of drug-likeness (QED) is 0.0929.